The molecule has 4 nitrogen and oxygen atoms in total. The summed E-state index contributed by atoms with van der Waals surface area (Å²) >= 11 is 0. The van der Waals surface area contributed by atoms with Crippen LogP contribution in [-0.4, -0.2) is 16.5 Å². The number of rotatable bonds is 3. The highest BCUT2D eigenvalue weighted by Gasteiger charge is 2.18. The number of hydrogen-bond donors (Lipinski definition) is 1. The highest BCUT2D eigenvalue weighted by atomic mass is 15.2. The smallest absolute Gasteiger partial charge is 0.229 e. The second-order valence-corrected chi connectivity index (χ2v) is 8.58. The summed E-state index contributed by atoms with van der Waals surface area (Å²) in [5, 5.41) is 3.37. The molecule has 0 saturated carbocycles. The van der Waals surface area contributed by atoms with Crippen LogP contribution in [0.15, 0.2) is 54.6 Å². The van der Waals surface area contributed by atoms with Crippen molar-refractivity contribution in [2.24, 2.45) is 0 Å². The Labute approximate surface area is 167 Å². The zero-order chi connectivity index (χ0) is 19.7. The van der Waals surface area contributed by atoms with Crippen molar-refractivity contribution < 1.29 is 0 Å². The lowest BCUT2D eigenvalue weighted by atomic mass is 9.87. The first-order valence-corrected chi connectivity index (χ1v) is 9.93. The molecule has 1 aromatic heterocycles. The molecule has 28 heavy (non-hydrogen) atoms. The fourth-order valence-electron chi connectivity index (χ4n) is 3.64. The van der Waals surface area contributed by atoms with Gasteiger partial charge in [0.25, 0.3) is 0 Å². The van der Waals surface area contributed by atoms with E-state index in [1.165, 1.54) is 16.7 Å². The largest absolute Gasteiger partial charge is 0.352 e. The third-order valence-electron chi connectivity index (χ3n) is 5.30. The van der Waals surface area contributed by atoms with Crippen LogP contribution in [-0.2, 0) is 18.4 Å². The molecule has 4 rings (SSSR count). The monoisotopic (exact) mass is 372 g/mol. The van der Waals surface area contributed by atoms with Gasteiger partial charge in [0.2, 0.25) is 5.95 Å². The minimum atomic E-state index is 0.149. The molecular weight excluding hydrogens is 344 g/mol. The van der Waals surface area contributed by atoms with E-state index in [4.69, 9.17) is 4.98 Å². The van der Waals surface area contributed by atoms with Crippen LogP contribution >= 0.6 is 0 Å². The van der Waals surface area contributed by atoms with Gasteiger partial charge in [-0.05, 0) is 47.6 Å². The van der Waals surface area contributed by atoms with Gasteiger partial charge in [-0.3, -0.25) is 0 Å². The quantitative estimate of drug-likeness (QED) is 0.669. The SMILES string of the molecule is Cc1cc(N2CCc3ccccc3C2)nc(Nc2ccc(C(C)(C)C)cc2)n1. The lowest BCUT2D eigenvalue weighted by Crippen LogP contribution is -2.31. The van der Waals surface area contributed by atoms with E-state index in [-0.39, 0.29) is 5.41 Å². The van der Waals surface area contributed by atoms with Gasteiger partial charge in [-0.15, -0.1) is 0 Å². The molecule has 0 unspecified atom stereocenters. The van der Waals surface area contributed by atoms with E-state index in [9.17, 15) is 0 Å². The van der Waals surface area contributed by atoms with Gasteiger partial charge in [0.1, 0.15) is 5.82 Å². The first-order chi connectivity index (χ1) is 13.4. The molecule has 144 valence electrons. The Morgan fingerprint density at radius 3 is 2.36 bits per heavy atom. The molecule has 0 fully saturated rings. The highest BCUT2D eigenvalue weighted by Crippen LogP contribution is 2.26. The number of aromatic nitrogens is 2. The van der Waals surface area contributed by atoms with E-state index in [1.54, 1.807) is 0 Å². The standard InChI is InChI=1S/C24H28N4/c1-17-15-22(28-14-13-18-7-5-6-8-19(18)16-28)27-23(25-17)26-21-11-9-20(10-12-21)24(2,3)4/h5-12,15H,13-14,16H2,1-4H3,(H,25,26,27). The number of nitrogens with one attached hydrogen (secondary N) is 1. The number of aryl methyl sites for hydroxylation is 1. The molecule has 0 atom stereocenters. The van der Waals surface area contributed by atoms with Crippen LogP contribution in [0, 0.1) is 6.92 Å². The van der Waals surface area contributed by atoms with Crippen LogP contribution in [0.5, 0.6) is 0 Å². The van der Waals surface area contributed by atoms with Crippen molar-refractivity contribution in [1.29, 1.82) is 0 Å². The predicted molar refractivity (Wildman–Crippen MR) is 116 cm³/mol. The van der Waals surface area contributed by atoms with E-state index >= 15 is 0 Å². The third kappa shape index (κ3) is 4.01. The van der Waals surface area contributed by atoms with Gasteiger partial charge in [-0.2, -0.15) is 4.98 Å². The fourth-order valence-corrected chi connectivity index (χ4v) is 3.64. The lowest BCUT2D eigenvalue weighted by molar-refractivity contribution is 0.590. The van der Waals surface area contributed by atoms with E-state index in [2.05, 4.69) is 90.6 Å². The van der Waals surface area contributed by atoms with Crippen LogP contribution in [0.25, 0.3) is 0 Å². The molecule has 0 spiro atoms. The minimum Gasteiger partial charge on any atom is -0.352 e. The molecule has 1 aliphatic heterocycles. The van der Waals surface area contributed by atoms with Crippen molar-refractivity contribution >= 4 is 17.5 Å². The molecule has 4 heteroatoms. The number of hydrogen-bond acceptors (Lipinski definition) is 4. The lowest BCUT2D eigenvalue weighted by Gasteiger charge is -2.30. The second kappa shape index (κ2) is 7.27. The first kappa shape index (κ1) is 18.5. The average molecular weight is 373 g/mol. The molecule has 2 aromatic carbocycles. The summed E-state index contributed by atoms with van der Waals surface area (Å²) in [5.41, 5.74) is 6.28. The van der Waals surface area contributed by atoms with Gasteiger partial charge in [-0.25, -0.2) is 4.98 Å². The molecule has 0 radical (unpaired) electrons. The maximum Gasteiger partial charge on any atom is 0.229 e. The number of fused-ring (bicyclic) bond motifs is 1. The molecule has 0 saturated heterocycles. The highest BCUT2D eigenvalue weighted by molar-refractivity contribution is 5.57. The summed E-state index contributed by atoms with van der Waals surface area (Å²) in [6, 6.07) is 19.3. The molecule has 0 aliphatic carbocycles. The first-order valence-electron chi connectivity index (χ1n) is 9.93. The van der Waals surface area contributed by atoms with Crippen LogP contribution in [0.4, 0.5) is 17.5 Å². The molecule has 2 heterocycles. The van der Waals surface area contributed by atoms with Gasteiger partial charge in [0.15, 0.2) is 0 Å². The Morgan fingerprint density at radius 1 is 0.929 bits per heavy atom. The Balaban J connectivity index is 1.55. The summed E-state index contributed by atoms with van der Waals surface area (Å²) in [4.78, 5) is 11.7. The minimum absolute atomic E-state index is 0.149. The van der Waals surface area contributed by atoms with Crippen molar-refractivity contribution in [2.45, 2.75) is 46.1 Å². The van der Waals surface area contributed by atoms with Crippen molar-refractivity contribution in [3.63, 3.8) is 0 Å². The zero-order valence-electron chi connectivity index (χ0n) is 17.2. The Hall–Kier alpha value is -2.88. The normalized spacial score (nSPS) is 13.9. The van der Waals surface area contributed by atoms with Gasteiger partial charge >= 0.3 is 0 Å². The fraction of sp³-hybridized carbons (Fsp3) is 0.333. The van der Waals surface area contributed by atoms with Crippen LogP contribution in [0.3, 0.4) is 0 Å². The maximum atomic E-state index is 4.80. The van der Waals surface area contributed by atoms with Gasteiger partial charge in [0, 0.05) is 30.5 Å². The van der Waals surface area contributed by atoms with Crippen molar-refractivity contribution in [2.75, 3.05) is 16.8 Å². The van der Waals surface area contributed by atoms with Gasteiger partial charge < -0.3 is 10.2 Å². The van der Waals surface area contributed by atoms with Gasteiger partial charge in [-0.1, -0.05) is 57.2 Å². The van der Waals surface area contributed by atoms with Crippen molar-refractivity contribution in [1.82, 2.24) is 9.97 Å². The van der Waals surface area contributed by atoms with E-state index in [0.29, 0.717) is 5.95 Å². The zero-order valence-corrected chi connectivity index (χ0v) is 17.2. The summed E-state index contributed by atoms with van der Waals surface area (Å²) < 4.78 is 0. The third-order valence-corrected chi connectivity index (χ3v) is 5.30. The number of anilines is 3. The summed E-state index contributed by atoms with van der Waals surface area (Å²) in [5.74, 6) is 1.63. The molecule has 3 aromatic rings. The maximum absolute atomic E-state index is 4.80. The van der Waals surface area contributed by atoms with E-state index in [1.807, 2.05) is 6.92 Å². The van der Waals surface area contributed by atoms with Crippen molar-refractivity contribution in [3.05, 3.63) is 77.0 Å². The van der Waals surface area contributed by atoms with Gasteiger partial charge in [0.05, 0.1) is 0 Å². The number of benzene rings is 2. The molecular formula is C24H28N4. The topological polar surface area (TPSA) is 41.1 Å². The summed E-state index contributed by atoms with van der Waals surface area (Å²) in [6.45, 7) is 10.6. The van der Waals surface area contributed by atoms with Crippen LogP contribution < -0.4 is 10.2 Å². The summed E-state index contributed by atoms with van der Waals surface area (Å²) in [7, 11) is 0. The van der Waals surface area contributed by atoms with Crippen LogP contribution in [0.2, 0.25) is 0 Å². The predicted octanol–water partition coefficient (Wildman–Crippen LogP) is 5.39. The van der Waals surface area contributed by atoms with E-state index in [0.717, 1.165) is 36.7 Å². The molecule has 1 N–H and O–H groups in total. The van der Waals surface area contributed by atoms with E-state index < -0.39 is 0 Å². The van der Waals surface area contributed by atoms with Crippen LogP contribution in [0.1, 0.15) is 43.2 Å². The Bertz CT molecular complexity index is 971. The Morgan fingerprint density at radius 2 is 1.64 bits per heavy atom. The Kier molecular flexibility index (Phi) is 4.80. The molecule has 1 aliphatic rings. The number of nitrogens with zero attached hydrogens (tertiary/aromatic N) is 3. The summed E-state index contributed by atoms with van der Waals surface area (Å²) in [6.07, 6.45) is 1.05. The second-order valence-electron chi connectivity index (χ2n) is 8.58. The van der Waals surface area contributed by atoms with Crippen molar-refractivity contribution in [3.8, 4) is 0 Å². The molecule has 0 bridgehead atoms. The average Bonchev–Trinajstić information content (AvgIpc) is 2.67. The molecule has 0 amide bonds.